The number of nitrogens with one attached hydrogen (secondary N) is 3. The Morgan fingerprint density at radius 1 is 1.33 bits per heavy atom. The van der Waals surface area contributed by atoms with Crippen LogP contribution in [0.25, 0.3) is 0 Å². The topological polar surface area (TPSA) is 99.8 Å². The number of carbonyl (C=O) groups excluding carboxylic acids is 3. The molecule has 146 valence electrons. The smallest absolute Gasteiger partial charge is 0.337 e. The first kappa shape index (κ1) is 20.8. The maximum Gasteiger partial charge on any atom is 0.337 e. The first-order valence-electron chi connectivity index (χ1n) is 8.50. The molecule has 9 heteroatoms. The molecule has 0 saturated heterocycles. The van der Waals surface area contributed by atoms with E-state index < -0.39 is 5.97 Å². The first-order valence-corrected chi connectivity index (χ1v) is 9.72. The molecule has 0 bridgehead atoms. The van der Waals surface area contributed by atoms with Crippen molar-refractivity contribution in [3.8, 4) is 0 Å². The minimum absolute atomic E-state index is 0.0983. The molecular formula is C18H24N4O4S. The van der Waals surface area contributed by atoms with Gasteiger partial charge in [-0.05, 0) is 32.4 Å². The van der Waals surface area contributed by atoms with Crippen LogP contribution in [0, 0.1) is 0 Å². The zero-order valence-corrected chi connectivity index (χ0v) is 16.4. The van der Waals surface area contributed by atoms with Crippen molar-refractivity contribution in [1.82, 2.24) is 15.5 Å². The molecule has 0 aromatic heterocycles. The molecule has 3 N–H and O–H groups in total. The summed E-state index contributed by atoms with van der Waals surface area (Å²) in [4.78, 5) is 38.7. The predicted molar refractivity (Wildman–Crippen MR) is 105 cm³/mol. The van der Waals surface area contributed by atoms with Gasteiger partial charge in [0.25, 0.3) is 0 Å². The van der Waals surface area contributed by atoms with Crippen LogP contribution >= 0.6 is 11.8 Å². The molecule has 0 spiro atoms. The van der Waals surface area contributed by atoms with Crippen molar-refractivity contribution >= 4 is 35.4 Å². The standard InChI is InChI=1S/C18H24N4O4S/c1-4-26-17(24)12-9-19-18(25)21-14(12)10-22(2)11-16(23)20-13-7-5-6-8-15(13)27-3/h5-8H,4,9-11H2,1-3H3,(H,20,23)(H2,19,21,25). The van der Waals surface area contributed by atoms with Crippen LogP contribution in [0.1, 0.15) is 6.92 Å². The van der Waals surface area contributed by atoms with E-state index in [1.807, 2.05) is 30.5 Å². The number of nitrogens with zero attached hydrogens (tertiary/aromatic N) is 1. The lowest BCUT2D eigenvalue weighted by Crippen LogP contribution is -2.47. The number of hydrogen-bond donors (Lipinski definition) is 3. The molecular weight excluding hydrogens is 368 g/mol. The van der Waals surface area contributed by atoms with Crippen LogP contribution < -0.4 is 16.0 Å². The maximum absolute atomic E-state index is 12.3. The second-order valence-corrected chi connectivity index (χ2v) is 6.75. The Labute approximate surface area is 162 Å². The summed E-state index contributed by atoms with van der Waals surface area (Å²) in [6.45, 7) is 2.40. The number of thioether (sulfide) groups is 1. The van der Waals surface area contributed by atoms with Crippen LogP contribution in [0.3, 0.4) is 0 Å². The second kappa shape index (κ2) is 9.98. The monoisotopic (exact) mass is 392 g/mol. The minimum Gasteiger partial charge on any atom is -0.463 e. The molecule has 0 radical (unpaired) electrons. The van der Waals surface area contributed by atoms with Crippen LogP contribution in [-0.4, -0.2) is 62.4 Å². The Kier molecular flexibility index (Phi) is 7.68. The van der Waals surface area contributed by atoms with Gasteiger partial charge in [0, 0.05) is 17.1 Å². The van der Waals surface area contributed by atoms with E-state index in [0.29, 0.717) is 11.3 Å². The summed E-state index contributed by atoms with van der Waals surface area (Å²) in [7, 11) is 1.74. The van der Waals surface area contributed by atoms with Crippen LogP contribution in [-0.2, 0) is 14.3 Å². The molecule has 0 atom stereocenters. The third kappa shape index (κ3) is 6.00. The van der Waals surface area contributed by atoms with Crippen molar-refractivity contribution in [2.24, 2.45) is 0 Å². The fourth-order valence-corrected chi connectivity index (χ4v) is 3.14. The lowest BCUT2D eigenvalue weighted by atomic mass is 10.1. The van der Waals surface area contributed by atoms with Crippen LogP contribution in [0.5, 0.6) is 0 Å². The van der Waals surface area contributed by atoms with Gasteiger partial charge in [-0.2, -0.15) is 0 Å². The molecule has 27 heavy (non-hydrogen) atoms. The third-order valence-corrected chi connectivity index (χ3v) is 4.59. The average Bonchev–Trinajstić information content (AvgIpc) is 2.62. The summed E-state index contributed by atoms with van der Waals surface area (Å²) in [6.07, 6.45) is 1.94. The highest BCUT2D eigenvalue weighted by atomic mass is 32.2. The summed E-state index contributed by atoms with van der Waals surface area (Å²) < 4.78 is 5.03. The maximum atomic E-state index is 12.3. The van der Waals surface area contributed by atoms with Gasteiger partial charge in [0.15, 0.2) is 0 Å². The van der Waals surface area contributed by atoms with Gasteiger partial charge in [-0.15, -0.1) is 11.8 Å². The van der Waals surface area contributed by atoms with Crippen molar-refractivity contribution in [3.63, 3.8) is 0 Å². The molecule has 0 aliphatic carbocycles. The van der Waals surface area contributed by atoms with E-state index in [9.17, 15) is 14.4 Å². The Morgan fingerprint density at radius 3 is 2.78 bits per heavy atom. The van der Waals surface area contributed by atoms with Gasteiger partial charge in [-0.3, -0.25) is 9.69 Å². The number of likely N-dealkylation sites (N-methyl/N-ethyl adjacent to an activating group) is 1. The number of rotatable bonds is 8. The quantitative estimate of drug-likeness (QED) is 0.457. The number of para-hydroxylation sites is 1. The van der Waals surface area contributed by atoms with Gasteiger partial charge < -0.3 is 20.7 Å². The van der Waals surface area contributed by atoms with Gasteiger partial charge in [0.2, 0.25) is 5.91 Å². The molecule has 0 unspecified atom stereocenters. The van der Waals surface area contributed by atoms with E-state index >= 15 is 0 Å². The Balaban J connectivity index is 2.01. The lowest BCUT2D eigenvalue weighted by molar-refractivity contribution is -0.138. The van der Waals surface area contributed by atoms with Crippen LogP contribution in [0.4, 0.5) is 10.5 Å². The molecule has 1 aromatic rings. The van der Waals surface area contributed by atoms with E-state index in [4.69, 9.17) is 4.74 Å². The molecule has 0 saturated carbocycles. The molecule has 1 aliphatic rings. The summed E-state index contributed by atoms with van der Waals surface area (Å²) in [5.74, 6) is -0.663. The summed E-state index contributed by atoms with van der Waals surface area (Å²) in [6, 6.07) is 7.17. The number of benzene rings is 1. The number of anilines is 1. The van der Waals surface area contributed by atoms with E-state index in [2.05, 4.69) is 16.0 Å². The first-order chi connectivity index (χ1) is 12.9. The highest BCUT2D eigenvalue weighted by Crippen LogP contribution is 2.24. The molecule has 1 heterocycles. The minimum atomic E-state index is -0.480. The number of amides is 3. The molecule has 2 rings (SSSR count). The zero-order chi connectivity index (χ0) is 19.8. The van der Waals surface area contributed by atoms with E-state index in [0.717, 1.165) is 10.6 Å². The third-order valence-electron chi connectivity index (χ3n) is 3.80. The van der Waals surface area contributed by atoms with Gasteiger partial charge in [0.05, 0.1) is 31.0 Å². The van der Waals surface area contributed by atoms with Gasteiger partial charge in [-0.1, -0.05) is 12.1 Å². The van der Waals surface area contributed by atoms with E-state index in [1.54, 1.807) is 30.6 Å². The Hall–Kier alpha value is -2.52. The number of carbonyl (C=O) groups is 3. The van der Waals surface area contributed by atoms with Gasteiger partial charge >= 0.3 is 12.0 Å². The number of hydrogen-bond acceptors (Lipinski definition) is 6. The lowest BCUT2D eigenvalue weighted by Gasteiger charge is -2.25. The molecule has 0 fully saturated rings. The second-order valence-electron chi connectivity index (χ2n) is 5.91. The highest BCUT2D eigenvalue weighted by molar-refractivity contribution is 7.98. The molecule has 1 aliphatic heterocycles. The molecule has 8 nitrogen and oxygen atoms in total. The summed E-state index contributed by atoms with van der Waals surface area (Å²) in [5, 5.41) is 8.07. The van der Waals surface area contributed by atoms with E-state index in [1.165, 1.54) is 0 Å². The fourth-order valence-electron chi connectivity index (χ4n) is 2.59. The summed E-state index contributed by atoms with van der Waals surface area (Å²) in [5.41, 5.74) is 1.55. The number of esters is 1. The normalized spacial score (nSPS) is 13.9. The SMILES string of the molecule is CCOC(=O)C1=C(CN(C)CC(=O)Nc2ccccc2SC)NC(=O)NC1. The van der Waals surface area contributed by atoms with Crippen molar-refractivity contribution in [2.45, 2.75) is 11.8 Å². The number of urea groups is 1. The Bertz CT molecular complexity index is 751. The van der Waals surface area contributed by atoms with Gasteiger partial charge in [-0.25, -0.2) is 9.59 Å². The van der Waals surface area contributed by atoms with E-state index in [-0.39, 0.29) is 38.2 Å². The van der Waals surface area contributed by atoms with Crippen molar-refractivity contribution in [2.75, 3.05) is 44.9 Å². The van der Waals surface area contributed by atoms with Crippen LogP contribution in [0.2, 0.25) is 0 Å². The average molecular weight is 392 g/mol. The summed E-state index contributed by atoms with van der Waals surface area (Å²) >= 11 is 1.55. The Morgan fingerprint density at radius 2 is 2.07 bits per heavy atom. The predicted octanol–water partition coefficient (Wildman–Crippen LogP) is 1.41. The largest absolute Gasteiger partial charge is 0.463 e. The van der Waals surface area contributed by atoms with Crippen molar-refractivity contribution < 1.29 is 19.1 Å². The zero-order valence-electron chi connectivity index (χ0n) is 15.6. The van der Waals surface area contributed by atoms with Crippen LogP contribution in [0.15, 0.2) is 40.4 Å². The molecule has 3 amide bonds. The van der Waals surface area contributed by atoms with Crippen molar-refractivity contribution in [1.29, 1.82) is 0 Å². The highest BCUT2D eigenvalue weighted by Gasteiger charge is 2.24. The fraction of sp³-hybridized carbons (Fsp3) is 0.389. The number of ether oxygens (including phenoxy) is 1. The van der Waals surface area contributed by atoms with Crippen molar-refractivity contribution in [3.05, 3.63) is 35.5 Å². The van der Waals surface area contributed by atoms with Gasteiger partial charge in [0.1, 0.15) is 0 Å². The molecule has 1 aromatic carbocycles.